The minimum absolute atomic E-state index is 0.513. The van der Waals surface area contributed by atoms with E-state index in [4.69, 9.17) is 5.73 Å². The van der Waals surface area contributed by atoms with Crippen molar-refractivity contribution in [1.29, 1.82) is 0 Å². The summed E-state index contributed by atoms with van der Waals surface area (Å²) in [5, 5.41) is 0. The number of aryl methyl sites for hydroxylation is 2. The third-order valence-corrected chi connectivity index (χ3v) is 4.84. The minimum atomic E-state index is 0.513. The first-order chi connectivity index (χ1) is 9.20. The first kappa shape index (κ1) is 13.0. The quantitative estimate of drug-likeness (QED) is 0.902. The highest BCUT2D eigenvalue weighted by molar-refractivity contribution is 5.64. The Bertz CT molecular complexity index is 433. The fourth-order valence-electron chi connectivity index (χ4n) is 3.84. The van der Waals surface area contributed by atoms with Crippen molar-refractivity contribution in [2.45, 2.75) is 45.4 Å². The van der Waals surface area contributed by atoms with E-state index >= 15 is 0 Å². The van der Waals surface area contributed by atoms with E-state index in [0.29, 0.717) is 11.8 Å². The van der Waals surface area contributed by atoms with Gasteiger partial charge in [-0.1, -0.05) is 26.0 Å². The molecule has 1 atom stereocenters. The van der Waals surface area contributed by atoms with Crippen LogP contribution in [0.4, 0.5) is 5.69 Å². The summed E-state index contributed by atoms with van der Waals surface area (Å²) in [7, 11) is 0. The Morgan fingerprint density at radius 2 is 1.68 bits per heavy atom. The number of nitrogens with two attached hydrogens (primary N) is 1. The van der Waals surface area contributed by atoms with Gasteiger partial charge in [0.25, 0.3) is 0 Å². The van der Waals surface area contributed by atoms with Crippen LogP contribution < -0.4 is 10.6 Å². The van der Waals surface area contributed by atoms with Crippen molar-refractivity contribution < 1.29 is 0 Å². The van der Waals surface area contributed by atoms with Crippen LogP contribution in [0.3, 0.4) is 0 Å². The molecular weight excluding hydrogens is 232 g/mol. The molecule has 2 nitrogen and oxygen atoms in total. The van der Waals surface area contributed by atoms with Crippen molar-refractivity contribution in [1.82, 2.24) is 0 Å². The van der Waals surface area contributed by atoms with E-state index in [1.807, 2.05) is 0 Å². The van der Waals surface area contributed by atoms with E-state index in [2.05, 4.69) is 30.9 Å². The van der Waals surface area contributed by atoms with Crippen LogP contribution in [0.2, 0.25) is 0 Å². The summed E-state index contributed by atoms with van der Waals surface area (Å²) in [5.74, 6) is 1.14. The molecule has 2 heterocycles. The molecule has 1 aromatic rings. The maximum absolute atomic E-state index is 6.00. The van der Waals surface area contributed by atoms with Gasteiger partial charge in [-0.3, -0.25) is 0 Å². The molecule has 0 fully saturated rings. The van der Waals surface area contributed by atoms with Crippen LogP contribution in [0.5, 0.6) is 0 Å². The third kappa shape index (κ3) is 2.27. The molecular formula is C17H26N2. The molecule has 0 spiro atoms. The lowest BCUT2D eigenvalue weighted by molar-refractivity contribution is 0.504. The van der Waals surface area contributed by atoms with Gasteiger partial charge in [-0.05, 0) is 60.8 Å². The van der Waals surface area contributed by atoms with Gasteiger partial charge in [0.1, 0.15) is 0 Å². The van der Waals surface area contributed by atoms with Gasteiger partial charge in [0.2, 0.25) is 0 Å². The lowest BCUT2D eigenvalue weighted by atomic mass is 9.83. The predicted octanol–water partition coefficient (Wildman–Crippen LogP) is 3.08. The molecule has 2 aliphatic heterocycles. The van der Waals surface area contributed by atoms with Gasteiger partial charge in [-0.25, -0.2) is 0 Å². The highest BCUT2D eigenvalue weighted by Gasteiger charge is 2.26. The Kier molecular flexibility index (Phi) is 3.53. The molecule has 0 aliphatic carbocycles. The Morgan fingerprint density at radius 3 is 2.16 bits per heavy atom. The first-order valence-electron chi connectivity index (χ1n) is 7.81. The molecule has 104 valence electrons. The second-order valence-corrected chi connectivity index (χ2v) is 6.47. The monoisotopic (exact) mass is 258 g/mol. The minimum Gasteiger partial charge on any atom is -0.371 e. The Hall–Kier alpha value is -1.02. The van der Waals surface area contributed by atoms with Crippen molar-refractivity contribution in [3.05, 3.63) is 28.8 Å². The Labute approximate surface area is 117 Å². The molecule has 1 unspecified atom stereocenters. The van der Waals surface area contributed by atoms with Crippen LogP contribution in [0, 0.1) is 5.92 Å². The lowest BCUT2D eigenvalue weighted by Crippen LogP contribution is -2.34. The van der Waals surface area contributed by atoms with E-state index in [-0.39, 0.29) is 0 Å². The molecule has 2 heteroatoms. The van der Waals surface area contributed by atoms with Crippen molar-refractivity contribution in [2.24, 2.45) is 11.7 Å². The SMILES string of the molecule is CC(C)C(CN)c1cc2c3c(c1)CCCN3CCC2. The largest absolute Gasteiger partial charge is 0.371 e. The van der Waals surface area contributed by atoms with Gasteiger partial charge in [0.05, 0.1) is 0 Å². The summed E-state index contributed by atoms with van der Waals surface area (Å²) < 4.78 is 0. The van der Waals surface area contributed by atoms with Crippen molar-refractivity contribution >= 4 is 5.69 Å². The number of benzene rings is 1. The van der Waals surface area contributed by atoms with Crippen molar-refractivity contribution in [2.75, 3.05) is 24.5 Å². The first-order valence-corrected chi connectivity index (χ1v) is 7.81. The molecule has 19 heavy (non-hydrogen) atoms. The average molecular weight is 258 g/mol. The van der Waals surface area contributed by atoms with Crippen LogP contribution in [0.1, 0.15) is 49.3 Å². The molecule has 0 amide bonds. The average Bonchev–Trinajstić information content (AvgIpc) is 2.39. The molecule has 0 saturated carbocycles. The molecule has 0 bridgehead atoms. The fraction of sp³-hybridized carbons (Fsp3) is 0.647. The molecule has 2 N–H and O–H groups in total. The van der Waals surface area contributed by atoms with Gasteiger partial charge in [0.15, 0.2) is 0 Å². The van der Waals surface area contributed by atoms with Crippen LogP contribution >= 0.6 is 0 Å². The zero-order chi connectivity index (χ0) is 13.4. The van der Waals surface area contributed by atoms with Gasteiger partial charge >= 0.3 is 0 Å². The maximum atomic E-state index is 6.00. The number of hydrogen-bond donors (Lipinski definition) is 1. The standard InChI is InChI=1S/C17H26N2/c1-12(2)16(11-18)15-9-13-5-3-7-19-8-4-6-14(10-15)17(13)19/h9-10,12,16H,3-8,11,18H2,1-2H3. The smallest absolute Gasteiger partial charge is 0.0431 e. The van der Waals surface area contributed by atoms with Crippen LogP contribution in [-0.2, 0) is 12.8 Å². The highest BCUT2D eigenvalue weighted by atomic mass is 15.1. The van der Waals surface area contributed by atoms with Crippen molar-refractivity contribution in [3.8, 4) is 0 Å². The van der Waals surface area contributed by atoms with Gasteiger partial charge in [0, 0.05) is 18.8 Å². The van der Waals surface area contributed by atoms with Crippen molar-refractivity contribution in [3.63, 3.8) is 0 Å². The van der Waals surface area contributed by atoms with Gasteiger partial charge in [-0.2, -0.15) is 0 Å². The topological polar surface area (TPSA) is 29.3 Å². The maximum Gasteiger partial charge on any atom is 0.0431 e. The fourth-order valence-corrected chi connectivity index (χ4v) is 3.84. The normalized spacial score (nSPS) is 19.5. The Balaban J connectivity index is 2.05. The zero-order valence-corrected chi connectivity index (χ0v) is 12.3. The second kappa shape index (κ2) is 5.16. The predicted molar refractivity (Wildman–Crippen MR) is 81.9 cm³/mol. The van der Waals surface area contributed by atoms with Gasteiger partial charge in [-0.15, -0.1) is 0 Å². The van der Waals surface area contributed by atoms with Gasteiger partial charge < -0.3 is 10.6 Å². The number of hydrogen-bond acceptors (Lipinski definition) is 2. The van der Waals surface area contributed by atoms with Crippen LogP contribution in [-0.4, -0.2) is 19.6 Å². The molecule has 2 aliphatic rings. The third-order valence-electron chi connectivity index (χ3n) is 4.84. The molecule has 3 rings (SSSR count). The van der Waals surface area contributed by atoms with Crippen LogP contribution in [0.25, 0.3) is 0 Å². The van der Waals surface area contributed by atoms with E-state index in [0.717, 1.165) is 6.54 Å². The lowest BCUT2D eigenvalue weighted by Gasteiger charge is -2.38. The summed E-state index contributed by atoms with van der Waals surface area (Å²) in [6, 6.07) is 4.90. The molecule has 0 saturated heterocycles. The zero-order valence-electron chi connectivity index (χ0n) is 12.3. The highest BCUT2D eigenvalue weighted by Crippen LogP contribution is 2.38. The second-order valence-electron chi connectivity index (χ2n) is 6.47. The summed E-state index contributed by atoms with van der Waals surface area (Å²) in [6.07, 6.45) is 5.12. The van der Waals surface area contributed by atoms with E-state index in [9.17, 15) is 0 Å². The molecule has 0 aromatic heterocycles. The molecule has 0 radical (unpaired) electrons. The van der Waals surface area contributed by atoms with E-state index < -0.39 is 0 Å². The summed E-state index contributed by atoms with van der Waals surface area (Å²) >= 11 is 0. The molecule has 1 aromatic carbocycles. The number of nitrogens with zero attached hydrogens (tertiary/aromatic N) is 1. The summed E-state index contributed by atoms with van der Waals surface area (Å²) in [4.78, 5) is 2.61. The van der Waals surface area contributed by atoms with E-state index in [1.54, 1.807) is 16.8 Å². The number of anilines is 1. The summed E-state index contributed by atoms with van der Waals surface area (Å²) in [5.41, 5.74) is 12.2. The van der Waals surface area contributed by atoms with Crippen LogP contribution in [0.15, 0.2) is 12.1 Å². The number of rotatable bonds is 3. The summed E-state index contributed by atoms with van der Waals surface area (Å²) in [6.45, 7) is 7.84. The Morgan fingerprint density at radius 1 is 1.11 bits per heavy atom. The van der Waals surface area contributed by atoms with E-state index in [1.165, 1.54) is 44.3 Å².